The first-order chi connectivity index (χ1) is 5.78. The molecule has 0 aromatic rings. The third-order valence-electron chi connectivity index (χ3n) is 3.42. The number of hydrogen-bond donors (Lipinski definition) is 1. The Balaban J connectivity index is 1.96. The summed E-state index contributed by atoms with van der Waals surface area (Å²) in [5.41, 5.74) is 5.99. The highest BCUT2D eigenvalue weighted by molar-refractivity contribution is 4.88. The van der Waals surface area contributed by atoms with E-state index in [1.165, 1.54) is 38.9 Å². The van der Waals surface area contributed by atoms with Crippen LogP contribution in [0.25, 0.3) is 0 Å². The number of piperidine rings is 1. The minimum Gasteiger partial charge on any atom is -0.328 e. The van der Waals surface area contributed by atoms with Crippen LogP contribution in [-0.2, 0) is 0 Å². The summed E-state index contributed by atoms with van der Waals surface area (Å²) in [5.74, 6) is 1.82. The lowest BCUT2D eigenvalue weighted by molar-refractivity contribution is 0.0811. The van der Waals surface area contributed by atoms with Crippen molar-refractivity contribution in [1.82, 2.24) is 4.90 Å². The highest BCUT2D eigenvalue weighted by Gasteiger charge is 2.32. The summed E-state index contributed by atoms with van der Waals surface area (Å²) in [6, 6.07) is 0.507. The minimum absolute atomic E-state index is 0.507. The fourth-order valence-electron chi connectivity index (χ4n) is 2.98. The van der Waals surface area contributed by atoms with Gasteiger partial charge in [-0.05, 0) is 37.6 Å². The third-order valence-corrected chi connectivity index (χ3v) is 3.42. The van der Waals surface area contributed by atoms with Crippen LogP contribution in [0, 0.1) is 11.8 Å². The largest absolute Gasteiger partial charge is 0.328 e. The van der Waals surface area contributed by atoms with E-state index in [0.29, 0.717) is 6.04 Å². The fourth-order valence-corrected chi connectivity index (χ4v) is 2.98. The summed E-state index contributed by atoms with van der Waals surface area (Å²) in [6.45, 7) is 6.10. The van der Waals surface area contributed by atoms with Gasteiger partial charge in [0.2, 0.25) is 0 Å². The molecule has 2 bridgehead atoms. The van der Waals surface area contributed by atoms with Crippen molar-refractivity contribution >= 4 is 0 Å². The Morgan fingerprint density at radius 1 is 1.17 bits per heavy atom. The lowest BCUT2D eigenvalue weighted by Gasteiger charge is -2.43. The van der Waals surface area contributed by atoms with Crippen LogP contribution in [0.4, 0.5) is 0 Å². The monoisotopic (exact) mass is 168 g/mol. The Hall–Kier alpha value is -0.0800. The van der Waals surface area contributed by atoms with E-state index in [2.05, 4.69) is 11.8 Å². The number of likely N-dealkylation sites (tertiary alicyclic amines) is 1. The normalized spacial score (nSPS) is 43.0. The lowest BCUT2D eigenvalue weighted by atomic mass is 9.76. The summed E-state index contributed by atoms with van der Waals surface area (Å²) in [7, 11) is 0. The molecule has 0 spiro atoms. The first kappa shape index (κ1) is 8.52. The maximum Gasteiger partial charge on any atom is 0.00450 e. The Morgan fingerprint density at radius 2 is 1.75 bits per heavy atom. The summed E-state index contributed by atoms with van der Waals surface area (Å²) in [6.07, 6.45) is 3.99. The topological polar surface area (TPSA) is 29.3 Å². The molecule has 2 heteroatoms. The highest BCUT2D eigenvalue weighted by atomic mass is 15.1. The summed E-state index contributed by atoms with van der Waals surface area (Å²) in [5, 5.41) is 0. The second kappa shape index (κ2) is 3.35. The maximum absolute atomic E-state index is 5.99. The van der Waals surface area contributed by atoms with Crippen LogP contribution in [0.2, 0.25) is 0 Å². The molecule has 1 aliphatic carbocycles. The van der Waals surface area contributed by atoms with Gasteiger partial charge >= 0.3 is 0 Å². The average molecular weight is 168 g/mol. The van der Waals surface area contributed by atoms with E-state index in [1.807, 2.05) is 0 Å². The SMILES string of the molecule is CCN1CC2CC(N)CC(C2)C1. The number of nitrogens with two attached hydrogens (primary N) is 1. The van der Waals surface area contributed by atoms with Crippen LogP contribution < -0.4 is 5.73 Å². The summed E-state index contributed by atoms with van der Waals surface area (Å²) < 4.78 is 0. The first-order valence-corrected chi connectivity index (χ1v) is 5.26. The Morgan fingerprint density at radius 3 is 2.25 bits per heavy atom. The van der Waals surface area contributed by atoms with E-state index in [-0.39, 0.29) is 0 Å². The van der Waals surface area contributed by atoms with Crippen LogP contribution >= 0.6 is 0 Å². The van der Waals surface area contributed by atoms with Crippen molar-refractivity contribution in [2.75, 3.05) is 19.6 Å². The van der Waals surface area contributed by atoms with Crippen molar-refractivity contribution in [3.8, 4) is 0 Å². The van der Waals surface area contributed by atoms with Crippen molar-refractivity contribution in [2.45, 2.75) is 32.2 Å². The van der Waals surface area contributed by atoms with Gasteiger partial charge in [-0.25, -0.2) is 0 Å². The van der Waals surface area contributed by atoms with Gasteiger partial charge in [0.25, 0.3) is 0 Å². The molecule has 2 N–H and O–H groups in total. The molecule has 0 radical (unpaired) electrons. The molecule has 0 aromatic heterocycles. The minimum atomic E-state index is 0.507. The van der Waals surface area contributed by atoms with Gasteiger partial charge in [-0.1, -0.05) is 6.92 Å². The van der Waals surface area contributed by atoms with Crippen LogP contribution in [0.5, 0.6) is 0 Å². The number of nitrogens with zero attached hydrogens (tertiary/aromatic N) is 1. The molecule has 2 atom stereocenters. The maximum atomic E-state index is 5.99. The molecule has 1 saturated heterocycles. The van der Waals surface area contributed by atoms with Crippen molar-refractivity contribution in [2.24, 2.45) is 17.6 Å². The molecule has 2 aliphatic rings. The number of rotatable bonds is 1. The number of fused-ring (bicyclic) bond motifs is 2. The predicted molar refractivity (Wildman–Crippen MR) is 50.9 cm³/mol. The third kappa shape index (κ3) is 1.64. The first-order valence-electron chi connectivity index (χ1n) is 5.26. The van der Waals surface area contributed by atoms with Gasteiger partial charge in [0, 0.05) is 19.1 Å². The Kier molecular flexibility index (Phi) is 2.37. The molecule has 0 amide bonds. The lowest BCUT2D eigenvalue weighted by Crippen LogP contribution is -2.47. The fraction of sp³-hybridized carbons (Fsp3) is 1.00. The molecular weight excluding hydrogens is 148 g/mol. The smallest absolute Gasteiger partial charge is 0.00450 e. The van der Waals surface area contributed by atoms with E-state index in [0.717, 1.165) is 11.8 Å². The average Bonchev–Trinajstić information content (AvgIpc) is 2.02. The van der Waals surface area contributed by atoms with E-state index < -0.39 is 0 Å². The molecule has 1 aliphatic heterocycles. The number of hydrogen-bond acceptors (Lipinski definition) is 2. The van der Waals surface area contributed by atoms with Crippen molar-refractivity contribution in [3.63, 3.8) is 0 Å². The molecule has 70 valence electrons. The van der Waals surface area contributed by atoms with Gasteiger partial charge in [0.05, 0.1) is 0 Å². The molecule has 2 nitrogen and oxygen atoms in total. The van der Waals surface area contributed by atoms with E-state index in [1.54, 1.807) is 0 Å². The zero-order valence-corrected chi connectivity index (χ0v) is 8.00. The Labute approximate surface area is 75.1 Å². The molecule has 1 heterocycles. The van der Waals surface area contributed by atoms with E-state index in [4.69, 9.17) is 5.73 Å². The molecule has 2 unspecified atom stereocenters. The zero-order valence-electron chi connectivity index (χ0n) is 8.00. The van der Waals surface area contributed by atoms with E-state index in [9.17, 15) is 0 Å². The van der Waals surface area contributed by atoms with Crippen molar-refractivity contribution in [3.05, 3.63) is 0 Å². The molecular formula is C10H20N2. The second-order valence-electron chi connectivity index (χ2n) is 4.55. The summed E-state index contributed by atoms with van der Waals surface area (Å²) >= 11 is 0. The van der Waals surface area contributed by atoms with Gasteiger partial charge in [0.15, 0.2) is 0 Å². The van der Waals surface area contributed by atoms with Crippen LogP contribution in [-0.4, -0.2) is 30.6 Å². The van der Waals surface area contributed by atoms with Gasteiger partial charge in [-0.15, -0.1) is 0 Å². The molecule has 12 heavy (non-hydrogen) atoms. The molecule has 2 rings (SSSR count). The molecule has 0 aromatic carbocycles. The van der Waals surface area contributed by atoms with Gasteiger partial charge < -0.3 is 10.6 Å². The predicted octanol–water partition coefficient (Wildman–Crippen LogP) is 1.07. The second-order valence-corrected chi connectivity index (χ2v) is 4.55. The van der Waals surface area contributed by atoms with Gasteiger partial charge in [0.1, 0.15) is 0 Å². The summed E-state index contributed by atoms with van der Waals surface area (Å²) in [4.78, 5) is 2.59. The van der Waals surface area contributed by atoms with Gasteiger partial charge in [-0.2, -0.15) is 0 Å². The highest BCUT2D eigenvalue weighted by Crippen LogP contribution is 2.33. The van der Waals surface area contributed by atoms with Crippen molar-refractivity contribution < 1.29 is 0 Å². The van der Waals surface area contributed by atoms with Crippen LogP contribution in [0.1, 0.15) is 26.2 Å². The van der Waals surface area contributed by atoms with E-state index >= 15 is 0 Å². The van der Waals surface area contributed by atoms with Crippen LogP contribution in [0.15, 0.2) is 0 Å². The zero-order chi connectivity index (χ0) is 8.55. The standard InChI is InChI=1S/C10H20N2/c1-2-12-6-8-3-9(7-12)5-10(11)4-8/h8-10H,2-7,11H2,1H3. The Bertz CT molecular complexity index is 140. The quantitative estimate of drug-likeness (QED) is 0.634. The van der Waals surface area contributed by atoms with Crippen LogP contribution in [0.3, 0.4) is 0 Å². The molecule has 1 saturated carbocycles. The molecule has 2 fully saturated rings. The van der Waals surface area contributed by atoms with Crippen molar-refractivity contribution in [1.29, 1.82) is 0 Å². The van der Waals surface area contributed by atoms with Gasteiger partial charge in [-0.3, -0.25) is 0 Å².